The number of thiazole rings is 1. The SMILES string of the molecule is Cn1c(NC(=O)CCl)c(C(N)=O)sc1=S. The first-order chi connectivity index (χ1) is 6.97. The molecule has 8 heteroatoms. The van der Waals surface area contributed by atoms with Crippen LogP contribution in [0, 0.1) is 3.95 Å². The number of hydrogen-bond donors (Lipinski definition) is 2. The Morgan fingerprint density at radius 2 is 2.27 bits per heavy atom. The smallest absolute Gasteiger partial charge is 0.262 e. The third kappa shape index (κ3) is 2.55. The number of amides is 2. The van der Waals surface area contributed by atoms with Crippen LogP contribution < -0.4 is 11.1 Å². The van der Waals surface area contributed by atoms with Crippen LogP contribution >= 0.6 is 35.2 Å². The molecule has 5 nitrogen and oxygen atoms in total. The van der Waals surface area contributed by atoms with Gasteiger partial charge in [0.15, 0.2) is 3.95 Å². The predicted molar refractivity (Wildman–Crippen MR) is 62.0 cm³/mol. The van der Waals surface area contributed by atoms with E-state index in [9.17, 15) is 9.59 Å². The molecule has 2 amide bonds. The molecule has 0 spiro atoms. The molecule has 15 heavy (non-hydrogen) atoms. The summed E-state index contributed by atoms with van der Waals surface area (Å²) in [4.78, 5) is 22.3. The van der Waals surface area contributed by atoms with E-state index in [1.807, 2.05) is 0 Å². The molecule has 0 bridgehead atoms. The van der Waals surface area contributed by atoms with E-state index in [1.165, 1.54) is 4.57 Å². The molecule has 0 fully saturated rings. The zero-order valence-electron chi connectivity index (χ0n) is 7.74. The lowest BCUT2D eigenvalue weighted by Crippen LogP contribution is -2.19. The number of aromatic nitrogens is 1. The molecule has 0 unspecified atom stereocenters. The first kappa shape index (κ1) is 12.2. The standard InChI is InChI=1S/C7H8ClN3O2S2/c1-11-6(10-3(12)2-8)4(5(9)13)15-7(11)14/h2H2,1H3,(H2,9,13)(H,10,12). The van der Waals surface area contributed by atoms with Crippen molar-refractivity contribution in [3.05, 3.63) is 8.83 Å². The second-order valence-corrected chi connectivity index (χ2v) is 4.56. The highest BCUT2D eigenvalue weighted by molar-refractivity contribution is 7.73. The van der Waals surface area contributed by atoms with E-state index < -0.39 is 11.8 Å². The number of alkyl halides is 1. The molecule has 0 saturated heterocycles. The van der Waals surface area contributed by atoms with Crippen molar-refractivity contribution in [2.75, 3.05) is 11.2 Å². The van der Waals surface area contributed by atoms with Crippen LogP contribution in [0.5, 0.6) is 0 Å². The first-order valence-corrected chi connectivity index (χ1v) is 5.58. The summed E-state index contributed by atoms with van der Waals surface area (Å²) in [5.74, 6) is -0.942. The lowest BCUT2D eigenvalue weighted by atomic mass is 10.4. The Morgan fingerprint density at radius 1 is 1.67 bits per heavy atom. The molecule has 0 atom stereocenters. The van der Waals surface area contributed by atoms with Crippen molar-refractivity contribution in [2.24, 2.45) is 12.8 Å². The van der Waals surface area contributed by atoms with Crippen LogP contribution in [-0.4, -0.2) is 22.3 Å². The molecule has 0 aliphatic carbocycles. The van der Waals surface area contributed by atoms with Gasteiger partial charge in [-0.3, -0.25) is 9.59 Å². The largest absolute Gasteiger partial charge is 0.365 e. The van der Waals surface area contributed by atoms with Gasteiger partial charge in [0.1, 0.15) is 16.6 Å². The molecule has 1 aromatic heterocycles. The normalized spacial score (nSPS) is 10.0. The molecular formula is C7H8ClN3O2S2. The van der Waals surface area contributed by atoms with E-state index in [4.69, 9.17) is 29.6 Å². The van der Waals surface area contributed by atoms with Crippen molar-refractivity contribution in [3.8, 4) is 0 Å². The molecule has 0 aromatic carbocycles. The zero-order valence-corrected chi connectivity index (χ0v) is 10.1. The van der Waals surface area contributed by atoms with Crippen molar-refractivity contribution < 1.29 is 9.59 Å². The highest BCUT2D eigenvalue weighted by atomic mass is 35.5. The highest BCUT2D eigenvalue weighted by Gasteiger charge is 2.16. The maximum atomic E-state index is 11.1. The predicted octanol–water partition coefficient (Wildman–Crippen LogP) is 1.09. The number of nitrogens with two attached hydrogens (primary N) is 1. The third-order valence-corrected chi connectivity index (χ3v) is 3.43. The second-order valence-electron chi connectivity index (χ2n) is 2.65. The maximum Gasteiger partial charge on any atom is 0.262 e. The number of halogens is 1. The Bertz CT molecular complexity index is 465. The summed E-state index contributed by atoms with van der Waals surface area (Å²) in [6.07, 6.45) is 0. The van der Waals surface area contributed by atoms with E-state index in [0.29, 0.717) is 9.77 Å². The minimum atomic E-state index is -0.628. The summed E-state index contributed by atoms with van der Waals surface area (Å²) in [7, 11) is 1.63. The number of carbonyl (C=O) groups excluding carboxylic acids is 2. The number of rotatable bonds is 3. The van der Waals surface area contributed by atoms with Crippen LogP contribution in [0.15, 0.2) is 0 Å². The van der Waals surface area contributed by atoms with Crippen LogP contribution in [0.25, 0.3) is 0 Å². The Balaban J connectivity index is 3.20. The molecule has 1 aromatic rings. The van der Waals surface area contributed by atoms with Crippen molar-refractivity contribution in [2.45, 2.75) is 0 Å². The Morgan fingerprint density at radius 3 is 2.73 bits per heavy atom. The Labute approximate surface area is 99.8 Å². The number of anilines is 1. The summed E-state index contributed by atoms with van der Waals surface area (Å²) in [6, 6.07) is 0. The van der Waals surface area contributed by atoms with Gasteiger partial charge in [-0.05, 0) is 12.2 Å². The number of hydrogen-bond acceptors (Lipinski definition) is 4. The van der Waals surface area contributed by atoms with Crippen LogP contribution in [0.2, 0.25) is 0 Å². The third-order valence-electron chi connectivity index (χ3n) is 1.62. The van der Waals surface area contributed by atoms with Crippen LogP contribution in [0.1, 0.15) is 9.67 Å². The van der Waals surface area contributed by atoms with Crippen molar-refractivity contribution in [1.29, 1.82) is 0 Å². The molecule has 0 aliphatic rings. The summed E-state index contributed by atoms with van der Waals surface area (Å²) >= 11 is 11.3. The van der Waals surface area contributed by atoms with E-state index in [0.717, 1.165) is 11.3 Å². The minimum Gasteiger partial charge on any atom is -0.365 e. The van der Waals surface area contributed by atoms with Gasteiger partial charge in [0.2, 0.25) is 5.91 Å². The zero-order chi connectivity index (χ0) is 11.6. The van der Waals surface area contributed by atoms with E-state index in [1.54, 1.807) is 7.05 Å². The Hall–Kier alpha value is -0.920. The van der Waals surface area contributed by atoms with E-state index in [-0.39, 0.29) is 10.8 Å². The summed E-state index contributed by atoms with van der Waals surface area (Å²) < 4.78 is 1.96. The summed E-state index contributed by atoms with van der Waals surface area (Å²) in [5, 5.41) is 2.47. The van der Waals surface area contributed by atoms with E-state index in [2.05, 4.69) is 5.32 Å². The van der Waals surface area contributed by atoms with Gasteiger partial charge in [-0.2, -0.15) is 0 Å². The lowest BCUT2D eigenvalue weighted by Gasteiger charge is -2.05. The highest BCUT2D eigenvalue weighted by Crippen LogP contribution is 2.23. The van der Waals surface area contributed by atoms with Gasteiger partial charge in [-0.15, -0.1) is 11.6 Å². The summed E-state index contributed by atoms with van der Waals surface area (Å²) in [5.41, 5.74) is 5.14. The van der Waals surface area contributed by atoms with Crippen LogP contribution in [0.3, 0.4) is 0 Å². The molecule has 0 saturated carbocycles. The van der Waals surface area contributed by atoms with Gasteiger partial charge >= 0.3 is 0 Å². The average molecular weight is 266 g/mol. The molecule has 3 N–H and O–H groups in total. The van der Waals surface area contributed by atoms with Crippen LogP contribution in [-0.2, 0) is 11.8 Å². The van der Waals surface area contributed by atoms with Crippen molar-refractivity contribution >= 4 is 52.8 Å². The maximum absolute atomic E-state index is 11.1. The number of nitrogens with one attached hydrogen (secondary N) is 1. The molecule has 0 aliphatic heterocycles. The Kier molecular flexibility index (Phi) is 3.83. The average Bonchev–Trinajstić information content (AvgIpc) is 2.46. The van der Waals surface area contributed by atoms with Crippen LogP contribution in [0.4, 0.5) is 5.82 Å². The fraction of sp³-hybridized carbons (Fsp3) is 0.286. The lowest BCUT2D eigenvalue weighted by molar-refractivity contribution is -0.114. The fourth-order valence-corrected chi connectivity index (χ4v) is 2.12. The fourth-order valence-electron chi connectivity index (χ4n) is 0.921. The molecule has 1 rings (SSSR count). The molecule has 82 valence electrons. The quantitative estimate of drug-likeness (QED) is 0.634. The first-order valence-electron chi connectivity index (χ1n) is 3.82. The minimum absolute atomic E-state index is 0.194. The van der Waals surface area contributed by atoms with Gasteiger partial charge in [0.25, 0.3) is 5.91 Å². The number of primary amides is 1. The van der Waals surface area contributed by atoms with Gasteiger partial charge in [-0.1, -0.05) is 11.3 Å². The van der Waals surface area contributed by atoms with Crippen molar-refractivity contribution in [3.63, 3.8) is 0 Å². The molecular weight excluding hydrogens is 258 g/mol. The second kappa shape index (κ2) is 4.73. The van der Waals surface area contributed by atoms with E-state index >= 15 is 0 Å². The topological polar surface area (TPSA) is 77.1 Å². The van der Waals surface area contributed by atoms with Gasteiger partial charge < -0.3 is 15.6 Å². The number of carbonyl (C=O) groups is 2. The van der Waals surface area contributed by atoms with Crippen molar-refractivity contribution in [1.82, 2.24) is 4.57 Å². The summed E-state index contributed by atoms with van der Waals surface area (Å²) in [6.45, 7) is 0. The number of nitrogens with zero attached hydrogens (tertiary/aromatic N) is 1. The van der Waals surface area contributed by atoms with Gasteiger partial charge in [0.05, 0.1) is 0 Å². The molecule has 1 heterocycles. The monoisotopic (exact) mass is 265 g/mol. The van der Waals surface area contributed by atoms with Gasteiger partial charge in [0, 0.05) is 7.05 Å². The van der Waals surface area contributed by atoms with Gasteiger partial charge in [-0.25, -0.2) is 0 Å². The molecule has 0 radical (unpaired) electrons.